The van der Waals surface area contributed by atoms with Gasteiger partial charge in [-0.1, -0.05) is 60.1 Å². The van der Waals surface area contributed by atoms with Crippen LogP contribution in [0, 0.1) is 0 Å². The fourth-order valence-corrected chi connectivity index (χ4v) is 3.10. The molecule has 3 aromatic rings. The molecule has 1 atom stereocenters. The van der Waals surface area contributed by atoms with Crippen molar-refractivity contribution < 1.29 is 9.59 Å². The van der Waals surface area contributed by atoms with Gasteiger partial charge in [0.25, 0.3) is 5.91 Å². The number of Topliss-reactive ketones (excluding diaryl/α,β-unsaturated/α-hetero) is 1. The van der Waals surface area contributed by atoms with E-state index in [0.717, 1.165) is 0 Å². The Morgan fingerprint density at radius 3 is 2.32 bits per heavy atom. The van der Waals surface area contributed by atoms with E-state index in [1.165, 1.54) is 11.3 Å². The van der Waals surface area contributed by atoms with Gasteiger partial charge in [-0.25, -0.2) is 0 Å². The normalized spacial score (nSPS) is 11.6. The maximum Gasteiger partial charge on any atom is 0.263 e. The lowest BCUT2D eigenvalue weighted by molar-refractivity contribution is 0.0872. The second-order valence-corrected chi connectivity index (χ2v) is 6.59. The van der Waals surface area contributed by atoms with Crippen LogP contribution in [-0.2, 0) is 0 Å². The van der Waals surface area contributed by atoms with Gasteiger partial charge in [0.1, 0.15) is 0 Å². The number of thiophene rings is 1. The summed E-state index contributed by atoms with van der Waals surface area (Å²) in [6.45, 7) is 0. The topological polar surface area (TPSA) is 58.2 Å². The van der Waals surface area contributed by atoms with Gasteiger partial charge in [0.2, 0.25) is 5.78 Å². The fraction of sp³-hybridized carbons (Fsp3) is 0.0526. The smallest absolute Gasteiger partial charge is 0.263 e. The number of hydrogen-bond acceptors (Lipinski definition) is 4. The first-order valence-electron chi connectivity index (χ1n) is 7.60. The molecule has 1 aromatic heterocycles. The number of ketones is 1. The van der Waals surface area contributed by atoms with Gasteiger partial charge >= 0.3 is 0 Å². The van der Waals surface area contributed by atoms with Gasteiger partial charge in [0, 0.05) is 5.56 Å². The first-order chi connectivity index (χ1) is 12.1. The number of anilines is 1. The summed E-state index contributed by atoms with van der Waals surface area (Å²) in [5.41, 5.74) is 1.07. The molecule has 0 bridgehead atoms. The van der Waals surface area contributed by atoms with Crippen LogP contribution in [0.4, 0.5) is 5.69 Å². The van der Waals surface area contributed by atoms with Crippen LogP contribution in [0.1, 0.15) is 20.0 Å². The van der Waals surface area contributed by atoms with Crippen molar-refractivity contribution in [2.24, 2.45) is 0 Å². The maximum absolute atomic E-state index is 12.8. The largest absolute Gasteiger partial charge is 0.358 e. The maximum atomic E-state index is 12.8. The zero-order valence-electron chi connectivity index (χ0n) is 13.1. The van der Waals surface area contributed by atoms with Crippen LogP contribution in [0.3, 0.4) is 0 Å². The predicted octanol–water partition coefficient (Wildman–Crippen LogP) is 4.45. The third kappa shape index (κ3) is 4.26. The Balaban J connectivity index is 1.86. The molecule has 1 unspecified atom stereocenters. The van der Waals surface area contributed by atoms with Crippen molar-refractivity contribution in [3.05, 3.63) is 87.6 Å². The van der Waals surface area contributed by atoms with E-state index in [0.29, 0.717) is 21.2 Å². The molecule has 1 heterocycles. The lowest BCUT2D eigenvalue weighted by atomic mass is 10.1. The number of hydrogen-bond donors (Lipinski definition) is 2. The van der Waals surface area contributed by atoms with Gasteiger partial charge in [-0.15, -0.1) is 11.3 Å². The zero-order chi connectivity index (χ0) is 17.6. The van der Waals surface area contributed by atoms with E-state index in [9.17, 15) is 9.59 Å². The van der Waals surface area contributed by atoms with Gasteiger partial charge in [-0.05, 0) is 23.6 Å². The number of benzene rings is 2. The van der Waals surface area contributed by atoms with E-state index >= 15 is 0 Å². The van der Waals surface area contributed by atoms with Crippen LogP contribution in [0.5, 0.6) is 0 Å². The summed E-state index contributed by atoms with van der Waals surface area (Å²) in [7, 11) is 0. The molecule has 0 aliphatic carbocycles. The van der Waals surface area contributed by atoms with E-state index < -0.39 is 6.17 Å². The van der Waals surface area contributed by atoms with Gasteiger partial charge in [0.05, 0.1) is 15.6 Å². The van der Waals surface area contributed by atoms with Gasteiger partial charge < -0.3 is 10.6 Å². The second-order valence-electron chi connectivity index (χ2n) is 5.24. The minimum absolute atomic E-state index is 0.245. The Morgan fingerprint density at radius 1 is 0.920 bits per heavy atom. The Labute approximate surface area is 154 Å². The van der Waals surface area contributed by atoms with Crippen LogP contribution in [-0.4, -0.2) is 17.9 Å². The summed E-state index contributed by atoms with van der Waals surface area (Å²) in [5, 5.41) is 8.06. The lowest BCUT2D eigenvalue weighted by Crippen LogP contribution is -2.46. The number of para-hydroxylation sites is 1. The van der Waals surface area contributed by atoms with Gasteiger partial charge in [-0.2, -0.15) is 0 Å². The van der Waals surface area contributed by atoms with Crippen molar-refractivity contribution in [1.82, 2.24) is 5.32 Å². The fourth-order valence-electron chi connectivity index (χ4n) is 2.28. The number of rotatable bonds is 6. The molecule has 4 nitrogen and oxygen atoms in total. The van der Waals surface area contributed by atoms with Crippen LogP contribution in [0.15, 0.2) is 72.1 Å². The molecule has 2 aromatic carbocycles. The Morgan fingerprint density at radius 2 is 1.64 bits per heavy atom. The average Bonchev–Trinajstić information content (AvgIpc) is 3.18. The molecule has 0 aliphatic heterocycles. The first-order valence-corrected chi connectivity index (χ1v) is 8.85. The molecule has 126 valence electrons. The number of nitrogens with one attached hydrogen (secondary N) is 2. The quantitative estimate of drug-likeness (QED) is 0.497. The molecule has 0 saturated heterocycles. The molecule has 2 N–H and O–H groups in total. The zero-order valence-corrected chi connectivity index (χ0v) is 14.7. The second kappa shape index (κ2) is 7.96. The molecular weight excluding hydrogens is 356 g/mol. The van der Waals surface area contributed by atoms with Crippen LogP contribution in [0.25, 0.3) is 0 Å². The molecule has 0 radical (unpaired) electrons. The average molecular weight is 371 g/mol. The monoisotopic (exact) mass is 370 g/mol. The highest BCUT2D eigenvalue weighted by Crippen LogP contribution is 2.22. The van der Waals surface area contributed by atoms with Crippen molar-refractivity contribution in [3.8, 4) is 0 Å². The molecule has 0 spiro atoms. The summed E-state index contributed by atoms with van der Waals surface area (Å²) in [6.07, 6.45) is -0.933. The standard InChI is InChI=1S/C19H15ClN2O2S/c20-14-9-4-5-10-15(14)21-18(17(23)13-7-2-1-3-8-13)22-19(24)16-11-6-12-25-16/h1-12,18,21H,(H,22,24). The van der Waals surface area contributed by atoms with Crippen molar-refractivity contribution in [3.63, 3.8) is 0 Å². The summed E-state index contributed by atoms with van der Waals surface area (Å²) in [6, 6.07) is 19.4. The Kier molecular flexibility index (Phi) is 5.48. The minimum atomic E-state index is -0.933. The van der Waals surface area contributed by atoms with Crippen molar-refractivity contribution in [2.75, 3.05) is 5.32 Å². The first kappa shape index (κ1) is 17.2. The van der Waals surface area contributed by atoms with E-state index in [1.807, 2.05) is 11.4 Å². The van der Waals surface area contributed by atoms with Crippen molar-refractivity contribution in [1.29, 1.82) is 0 Å². The van der Waals surface area contributed by atoms with Crippen molar-refractivity contribution in [2.45, 2.75) is 6.17 Å². The number of carbonyl (C=O) groups excluding carboxylic acids is 2. The molecule has 0 saturated carbocycles. The lowest BCUT2D eigenvalue weighted by Gasteiger charge is -2.20. The van der Waals surface area contributed by atoms with Crippen LogP contribution in [0.2, 0.25) is 5.02 Å². The Bertz CT molecular complexity index is 866. The summed E-state index contributed by atoms with van der Waals surface area (Å²) < 4.78 is 0. The number of amides is 1. The van der Waals surface area contributed by atoms with E-state index in [1.54, 1.807) is 60.7 Å². The van der Waals surface area contributed by atoms with Crippen LogP contribution >= 0.6 is 22.9 Å². The molecule has 25 heavy (non-hydrogen) atoms. The predicted molar refractivity (Wildman–Crippen MR) is 101 cm³/mol. The molecule has 0 fully saturated rings. The molecular formula is C19H15ClN2O2S. The van der Waals surface area contributed by atoms with Gasteiger partial charge in [-0.3, -0.25) is 9.59 Å². The Hall–Kier alpha value is -2.63. The number of carbonyl (C=O) groups is 2. The summed E-state index contributed by atoms with van der Waals surface area (Å²) >= 11 is 7.48. The summed E-state index contributed by atoms with van der Waals surface area (Å²) in [4.78, 5) is 25.8. The summed E-state index contributed by atoms with van der Waals surface area (Å²) in [5.74, 6) is -0.561. The third-order valence-electron chi connectivity index (χ3n) is 3.51. The highest BCUT2D eigenvalue weighted by molar-refractivity contribution is 7.12. The highest BCUT2D eigenvalue weighted by Gasteiger charge is 2.23. The minimum Gasteiger partial charge on any atom is -0.358 e. The highest BCUT2D eigenvalue weighted by atomic mass is 35.5. The number of halogens is 1. The molecule has 3 rings (SSSR count). The molecule has 1 amide bonds. The van der Waals surface area contributed by atoms with Crippen LogP contribution < -0.4 is 10.6 Å². The van der Waals surface area contributed by atoms with Crippen molar-refractivity contribution >= 4 is 40.3 Å². The molecule has 6 heteroatoms. The van der Waals surface area contributed by atoms with E-state index in [4.69, 9.17) is 11.6 Å². The van der Waals surface area contributed by atoms with Gasteiger partial charge in [0.15, 0.2) is 6.17 Å². The van der Waals surface area contributed by atoms with E-state index in [2.05, 4.69) is 10.6 Å². The molecule has 0 aliphatic rings. The third-order valence-corrected chi connectivity index (χ3v) is 4.71. The van der Waals surface area contributed by atoms with E-state index in [-0.39, 0.29) is 11.7 Å². The SMILES string of the molecule is O=C(NC(Nc1ccccc1Cl)C(=O)c1ccccc1)c1cccs1.